The molecule has 2 N–H and O–H groups in total. The number of hydrogen-bond donors (Lipinski definition) is 2. The summed E-state index contributed by atoms with van der Waals surface area (Å²) in [7, 11) is -0.468. The van der Waals surface area contributed by atoms with Crippen LogP contribution in [0.2, 0.25) is 5.02 Å². The van der Waals surface area contributed by atoms with Crippen LogP contribution in [0.3, 0.4) is 0 Å². The Morgan fingerprint density at radius 1 is 1.08 bits per heavy atom. The van der Waals surface area contributed by atoms with Crippen molar-refractivity contribution in [2.24, 2.45) is 0 Å². The van der Waals surface area contributed by atoms with Crippen LogP contribution in [0.1, 0.15) is 41.9 Å². The number of rotatable bonds is 11. The Kier molecular flexibility index (Phi) is 11.1. The summed E-state index contributed by atoms with van der Waals surface area (Å²) in [4.78, 5) is 20.3. The van der Waals surface area contributed by atoms with Crippen molar-refractivity contribution in [2.75, 3.05) is 30.9 Å². The number of carbonyl (C=O) groups is 1. The second-order valence-corrected chi connectivity index (χ2v) is 14.1. The number of ether oxygens (including phenoxy) is 2. The standard InChI is InChI=1S/C34H34ClF4N5O6S/c1-43(33(45)46)29-14-21(20-5-4-6-23(13-20)34(37,38)39)8-10-27(29)42-28-17-26(36)31(16-25(28)35)51(47,48)44(32-11-12-40-19-41-32)18-22-7-9-24(49-2)15-30(22)50-3/h4-7,9,11-13,15-17,19,21,27,29,42H,8,10,14,18H2,1-3H3,(H,45,46)/t21-,27-,29-/m0/s1. The topological polar surface area (TPSA) is 134 Å². The minimum atomic E-state index is -4.68. The summed E-state index contributed by atoms with van der Waals surface area (Å²) in [6.07, 6.45) is -2.50. The van der Waals surface area contributed by atoms with Gasteiger partial charge >= 0.3 is 12.3 Å². The molecule has 0 aliphatic heterocycles. The fourth-order valence-electron chi connectivity index (χ4n) is 6.17. The maximum Gasteiger partial charge on any atom is 0.416 e. The fraction of sp³-hybridized carbons (Fsp3) is 0.324. The van der Waals surface area contributed by atoms with E-state index >= 15 is 4.39 Å². The lowest BCUT2D eigenvalue weighted by Crippen LogP contribution is -2.50. The lowest BCUT2D eigenvalue weighted by atomic mass is 9.77. The first kappa shape index (κ1) is 37.4. The van der Waals surface area contributed by atoms with Crippen LogP contribution >= 0.6 is 11.6 Å². The second-order valence-electron chi connectivity index (χ2n) is 11.9. The van der Waals surface area contributed by atoms with Crippen LogP contribution in [0.15, 0.2) is 78.1 Å². The summed E-state index contributed by atoms with van der Waals surface area (Å²) in [6, 6.07) is 11.5. The van der Waals surface area contributed by atoms with Gasteiger partial charge in [-0.15, -0.1) is 0 Å². The molecule has 0 bridgehead atoms. The first-order valence-corrected chi connectivity index (χ1v) is 17.3. The molecular weight excluding hydrogens is 718 g/mol. The van der Waals surface area contributed by atoms with Gasteiger partial charge < -0.3 is 24.8 Å². The zero-order chi connectivity index (χ0) is 37.1. The quantitative estimate of drug-likeness (QED) is 0.150. The Hall–Kier alpha value is -4.83. The molecule has 1 aliphatic rings. The molecule has 17 heteroatoms. The molecular formula is C34H34ClF4N5O6S. The summed E-state index contributed by atoms with van der Waals surface area (Å²) in [5.74, 6) is -0.825. The van der Waals surface area contributed by atoms with Crippen LogP contribution in [0.25, 0.3) is 0 Å². The third kappa shape index (κ3) is 8.22. The molecule has 1 amide bonds. The van der Waals surface area contributed by atoms with Crippen LogP contribution in [-0.2, 0) is 22.7 Å². The SMILES string of the molecule is COc1ccc(CN(c2ccncn2)S(=O)(=O)c2cc(Cl)c(N[C@H]3CC[C@H](c4cccc(C(F)(F)F)c4)C[C@@H]3N(C)C(=O)O)cc2F)c(OC)c1. The van der Waals surface area contributed by atoms with Gasteiger partial charge in [0.25, 0.3) is 10.0 Å². The molecule has 5 rings (SSSR count). The molecule has 51 heavy (non-hydrogen) atoms. The molecule has 1 heterocycles. The minimum absolute atomic E-state index is 0.00448. The van der Waals surface area contributed by atoms with Crippen molar-refractivity contribution < 1.29 is 45.4 Å². The fourth-order valence-corrected chi connectivity index (χ4v) is 7.93. The number of alkyl halides is 3. The Balaban J connectivity index is 1.45. The molecule has 1 fully saturated rings. The number of nitrogens with zero attached hydrogens (tertiary/aromatic N) is 4. The third-order valence-electron chi connectivity index (χ3n) is 8.86. The van der Waals surface area contributed by atoms with Gasteiger partial charge in [-0.2, -0.15) is 13.2 Å². The Morgan fingerprint density at radius 2 is 1.84 bits per heavy atom. The number of aromatic nitrogens is 2. The van der Waals surface area contributed by atoms with Crippen molar-refractivity contribution in [2.45, 2.75) is 54.9 Å². The highest BCUT2D eigenvalue weighted by molar-refractivity contribution is 7.92. The zero-order valence-corrected chi connectivity index (χ0v) is 29.1. The highest BCUT2D eigenvalue weighted by Crippen LogP contribution is 2.40. The van der Waals surface area contributed by atoms with E-state index in [1.54, 1.807) is 24.3 Å². The molecule has 3 aromatic carbocycles. The van der Waals surface area contributed by atoms with E-state index in [0.29, 0.717) is 29.0 Å². The summed E-state index contributed by atoms with van der Waals surface area (Å²) >= 11 is 6.59. The largest absolute Gasteiger partial charge is 0.497 e. The second kappa shape index (κ2) is 15.2. The summed E-state index contributed by atoms with van der Waals surface area (Å²) < 4.78 is 96.1. The number of amides is 1. The van der Waals surface area contributed by atoms with E-state index in [0.717, 1.165) is 39.8 Å². The number of nitrogens with one attached hydrogen (secondary N) is 1. The molecule has 0 spiro atoms. The predicted octanol–water partition coefficient (Wildman–Crippen LogP) is 7.43. The lowest BCUT2D eigenvalue weighted by molar-refractivity contribution is -0.137. The summed E-state index contributed by atoms with van der Waals surface area (Å²) in [5, 5.41) is 12.7. The number of carboxylic acid groups (broad SMARTS) is 1. The number of sulfonamides is 1. The molecule has 272 valence electrons. The molecule has 11 nitrogen and oxygen atoms in total. The van der Waals surface area contributed by atoms with E-state index in [2.05, 4.69) is 15.3 Å². The summed E-state index contributed by atoms with van der Waals surface area (Å²) in [6.45, 7) is -0.318. The van der Waals surface area contributed by atoms with E-state index in [-0.39, 0.29) is 35.9 Å². The van der Waals surface area contributed by atoms with E-state index in [1.165, 1.54) is 39.6 Å². The van der Waals surface area contributed by atoms with Crippen LogP contribution in [0.4, 0.5) is 33.9 Å². The van der Waals surface area contributed by atoms with Crippen LogP contribution in [-0.4, -0.2) is 67.8 Å². The third-order valence-corrected chi connectivity index (χ3v) is 10.9. The molecule has 1 aliphatic carbocycles. The summed E-state index contributed by atoms with van der Waals surface area (Å²) in [5.41, 5.74) is 0.0396. The molecule has 1 saturated carbocycles. The first-order chi connectivity index (χ1) is 24.1. The normalized spacial score (nSPS) is 17.8. The average Bonchev–Trinajstić information content (AvgIpc) is 3.11. The van der Waals surface area contributed by atoms with Gasteiger partial charge in [0.05, 0.1) is 43.1 Å². The van der Waals surface area contributed by atoms with Gasteiger partial charge in [-0.3, -0.25) is 0 Å². The van der Waals surface area contributed by atoms with Gasteiger partial charge in [-0.1, -0.05) is 29.8 Å². The molecule has 3 atom stereocenters. The number of anilines is 2. The average molecular weight is 752 g/mol. The maximum absolute atomic E-state index is 16.0. The van der Waals surface area contributed by atoms with E-state index in [9.17, 15) is 31.5 Å². The highest BCUT2D eigenvalue weighted by Gasteiger charge is 2.38. The van der Waals surface area contributed by atoms with Crippen molar-refractivity contribution >= 4 is 39.2 Å². The molecule has 0 saturated heterocycles. The first-order valence-electron chi connectivity index (χ1n) is 15.5. The number of methoxy groups -OCH3 is 2. The van der Waals surface area contributed by atoms with Gasteiger partial charge in [0, 0.05) is 37.0 Å². The lowest BCUT2D eigenvalue weighted by Gasteiger charge is -2.41. The maximum atomic E-state index is 16.0. The van der Waals surface area contributed by atoms with Crippen molar-refractivity contribution in [1.82, 2.24) is 14.9 Å². The van der Waals surface area contributed by atoms with Crippen molar-refractivity contribution in [3.8, 4) is 11.5 Å². The van der Waals surface area contributed by atoms with E-state index < -0.39 is 56.6 Å². The van der Waals surface area contributed by atoms with Crippen molar-refractivity contribution in [1.29, 1.82) is 0 Å². The van der Waals surface area contributed by atoms with Crippen molar-refractivity contribution in [3.05, 3.63) is 101 Å². The van der Waals surface area contributed by atoms with Crippen LogP contribution in [0.5, 0.6) is 11.5 Å². The molecule has 1 aromatic heterocycles. The highest BCUT2D eigenvalue weighted by atomic mass is 35.5. The Morgan fingerprint density at radius 3 is 2.49 bits per heavy atom. The van der Waals surface area contributed by atoms with Gasteiger partial charge in [0.2, 0.25) is 0 Å². The predicted molar refractivity (Wildman–Crippen MR) is 181 cm³/mol. The van der Waals surface area contributed by atoms with Gasteiger partial charge in [-0.05, 0) is 61.1 Å². The van der Waals surface area contributed by atoms with Gasteiger partial charge in [0.1, 0.15) is 34.4 Å². The molecule has 4 aromatic rings. The van der Waals surface area contributed by atoms with Crippen LogP contribution < -0.4 is 19.1 Å². The van der Waals surface area contributed by atoms with Crippen LogP contribution in [0, 0.1) is 5.82 Å². The Labute approximate surface area is 296 Å². The number of likely N-dealkylation sites (N-methyl/N-ethyl adjacent to an activating group) is 1. The smallest absolute Gasteiger partial charge is 0.416 e. The minimum Gasteiger partial charge on any atom is -0.497 e. The Bertz CT molecular complexity index is 1990. The van der Waals surface area contributed by atoms with Gasteiger partial charge in [0.15, 0.2) is 0 Å². The van der Waals surface area contributed by atoms with E-state index in [1.807, 2.05) is 0 Å². The van der Waals surface area contributed by atoms with Gasteiger partial charge in [-0.25, -0.2) is 31.9 Å². The van der Waals surface area contributed by atoms with Crippen molar-refractivity contribution in [3.63, 3.8) is 0 Å². The monoisotopic (exact) mass is 751 g/mol. The molecule has 0 unspecified atom stereocenters. The number of hydrogen-bond acceptors (Lipinski definition) is 8. The zero-order valence-electron chi connectivity index (χ0n) is 27.6. The van der Waals surface area contributed by atoms with E-state index in [4.69, 9.17) is 21.1 Å². The number of benzene rings is 3. The molecule has 0 radical (unpaired) electrons. The number of halogens is 5.